The van der Waals surface area contributed by atoms with Crippen LogP contribution in [0.3, 0.4) is 0 Å². The maximum absolute atomic E-state index is 12.9. The fraction of sp³-hybridized carbons (Fsp3) is 0.217. The largest absolute Gasteiger partial charge is 0.271 e. The summed E-state index contributed by atoms with van der Waals surface area (Å²) in [5, 5.41) is 6.19. The van der Waals surface area contributed by atoms with Crippen molar-refractivity contribution in [1.29, 1.82) is 0 Å². The van der Waals surface area contributed by atoms with Gasteiger partial charge in [-0.05, 0) is 41.8 Å². The highest BCUT2D eigenvalue weighted by atomic mass is 32.2. The monoisotopic (exact) mass is 421 g/mol. The molecule has 1 saturated heterocycles. The molecule has 0 aromatic heterocycles. The molecule has 0 spiro atoms. The van der Waals surface area contributed by atoms with Crippen LogP contribution in [0.2, 0.25) is 0 Å². The van der Waals surface area contributed by atoms with Gasteiger partial charge in [-0.1, -0.05) is 55.0 Å². The quantitative estimate of drug-likeness (QED) is 0.503. The van der Waals surface area contributed by atoms with Crippen LogP contribution in [0.5, 0.6) is 0 Å². The number of piperidine rings is 1. The first kappa shape index (κ1) is 20.3. The molecule has 1 fully saturated rings. The smallest absolute Gasteiger partial charge is 0.267 e. The molecule has 6 nitrogen and oxygen atoms in total. The van der Waals surface area contributed by atoms with Gasteiger partial charge in [0.1, 0.15) is 0 Å². The minimum absolute atomic E-state index is 0.134. The van der Waals surface area contributed by atoms with Crippen molar-refractivity contribution < 1.29 is 13.2 Å². The average Bonchev–Trinajstić information content (AvgIpc) is 2.80. The Labute approximate surface area is 176 Å². The van der Waals surface area contributed by atoms with Crippen LogP contribution in [0.25, 0.3) is 10.8 Å². The first-order valence-electron chi connectivity index (χ1n) is 9.97. The lowest BCUT2D eigenvalue weighted by Crippen LogP contribution is -2.35. The van der Waals surface area contributed by atoms with Crippen LogP contribution in [0.4, 0.5) is 0 Å². The van der Waals surface area contributed by atoms with Crippen LogP contribution in [-0.2, 0) is 10.0 Å². The van der Waals surface area contributed by atoms with Crippen molar-refractivity contribution in [2.45, 2.75) is 24.2 Å². The second kappa shape index (κ2) is 8.77. The summed E-state index contributed by atoms with van der Waals surface area (Å²) in [5.74, 6) is -0.456. The van der Waals surface area contributed by atoms with Crippen molar-refractivity contribution in [2.75, 3.05) is 13.1 Å². The van der Waals surface area contributed by atoms with E-state index in [0.29, 0.717) is 13.1 Å². The molecule has 4 rings (SSSR count). The summed E-state index contributed by atoms with van der Waals surface area (Å²) in [5.41, 5.74) is 3.63. The third kappa shape index (κ3) is 4.27. The van der Waals surface area contributed by atoms with Gasteiger partial charge in [0.15, 0.2) is 0 Å². The minimum atomic E-state index is -3.59. The van der Waals surface area contributed by atoms with Crippen molar-refractivity contribution in [2.24, 2.45) is 5.10 Å². The van der Waals surface area contributed by atoms with E-state index in [2.05, 4.69) is 10.5 Å². The van der Waals surface area contributed by atoms with Gasteiger partial charge in [-0.2, -0.15) is 9.41 Å². The molecule has 3 aromatic rings. The molecule has 1 heterocycles. The summed E-state index contributed by atoms with van der Waals surface area (Å²) < 4.78 is 27.2. The molecule has 0 bridgehead atoms. The van der Waals surface area contributed by atoms with Crippen molar-refractivity contribution in [1.82, 2.24) is 9.73 Å². The SMILES string of the molecule is O=C(NN=Cc1cccc2ccccc12)c1cccc(S(=O)(=O)N2CCCCC2)c1. The van der Waals surface area contributed by atoms with E-state index >= 15 is 0 Å². The van der Waals surface area contributed by atoms with E-state index in [1.165, 1.54) is 16.4 Å². The molecule has 3 aromatic carbocycles. The van der Waals surface area contributed by atoms with Crippen LogP contribution in [0.15, 0.2) is 76.7 Å². The van der Waals surface area contributed by atoms with Gasteiger partial charge in [0.2, 0.25) is 10.0 Å². The Morgan fingerprint density at radius 3 is 2.50 bits per heavy atom. The zero-order chi connectivity index (χ0) is 21.0. The number of carbonyl (C=O) groups is 1. The predicted molar refractivity (Wildman–Crippen MR) is 118 cm³/mol. The topological polar surface area (TPSA) is 78.8 Å². The highest BCUT2D eigenvalue weighted by Gasteiger charge is 2.26. The lowest BCUT2D eigenvalue weighted by atomic mass is 10.1. The van der Waals surface area contributed by atoms with Crippen LogP contribution < -0.4 is 5.43 Å². The van der Waals surface area contributed by atoms with E-state index in [-0.39, 0.29) is 10.5 Å². The number of amides is 1. The van der Waals surface area contributed by atoms with Crippen LogP contribution in [0.1, 0.15) is 35.2 Å². The van der Waals surface area contributed by atoms with Gasteiger partial charge in [-0.15, -0.1) is 0 Å². The molecule has 7 heteroatoms. The normalized spacial score (nSPS) is 15.5. The summed E-state index contributed by atoms with van der Waals surface area (Å²) in [6.45, 7) is 1.04. The fourth-order valence-electron chi connectivity index (χ4n) is 3.64. The van der Waals surface area contributed by atoms with Crippen molar-refractivity contribution in [3.8, 4) is 0 Å². The number of hydrogen-bond donors (Lipinski definition) is 1. The van der Waals surface area contributed by atoms with Crippen LogP contribution in [-0.4, -0.2) is 37.9 Å². The van der Waals surface area contributed by atoms with Crippen LogP contribution in [0, 0.1) is 0 Å². The molecule has 1 N–H and O–H groups in total. The van der Waals surface area contributed by atoms with Crippen molar-refractivity contribution >= 4 is 32.9 Å². The zero-order valence-corrected chi connectivity index (χ0v) is 17.3. The van der Waals surface area contributed by atoms with Gasteiger partial charge in [-0.25, -0.2) is 13.8 Å². The van der Waals surface area contributed by atoms with E-state index in [9.17, 15) is 13.2 Å². The van der Waals surface area contributed by atoms with E-state index in [0.717, 1.165) is 35.6 Å². The Morgan fingerprint density at radius 1 is 0.933 bits per heavy atom. The molecular weight excluding hydrogens is 398 g/mol. The van der Waals surface area contributed by atoms with Gasteiger partial charge in [0, 0.05) is 24.2 Å². The number of sulfonamides is 1. The maximum Gasteiger partial charge on any atom is 0.271 e. The number of rotatable bonds is 5. The summed E-state index contributed by atoms with van der Waals surface area (Å²) in [4.78, 5) is 12.7. The molecule has 1 aliphatic rings. The average molecular weight is 422 g/mol. The van der Waals surface area contributed by atoms with Gasteiger partial charge in [0.25, 0.3) is 5.91 Å². The second-order valence-electron chi connectivity index (χ2n) is 7.26. The molecular formula is C23H23N3O3S. The lowest BCUT2D eigenvalue weighted by molar-refractivity contribution is 0.0955. The molecule has 0 aliphatic carbocycles. The van der Waals surface area contributed by atoms with Gasteiger partial charge < -0.3 is 0 Å². The van der Waals surface area contributed by atoms with Gasteiger partial charge in [-0.3, -0.25) is 4.79 Å². The Morgan fingerprint density at radius 2 is 1.67 bits per heavy atom. The number of carbonyl (C=O) groups excluding carboxylic acids is 1. The Bertz CT molecular complexity index is 1190. The number of nitrogens with zero attached hydrogens (tertiary/aromatic N) is 2. The number of fused-ring (bicyclic) bond motifs is 1. The second-order valence-corrected chi connectivity index (χ2v) is 9.20. The molecule has 1 aliphatic heterocycles. The van der Waals surface area contributed by atoms with Gasteiger partial charge >= 0.3 is 0 Å². The predicted octanol–water partition coefficient (Wildman–Crippen LogP) is 3.78. The molecule has 0 saturated carbocycles. The summed E-state index contributed by atoms with van der Waals surface area (Å²) >= 11 is 0. The number of hydrogen-bond acceptors (Lipinski definition) is 4. The third-order valence-corrected chi connectivity index (χ3v) is 7.14. The van der Waals surface area contributed by atoms with Gasteiger partial charge in [0.05, 0.1) is 11.1 Å². The third-order valence-electron chi connectivity index (χ3n) is 5.24. The Balaban J connectivity index is 1.50. The first-order valence-corrected chi connectivity index (χ1v) is 11.4. The van der Waals surface area contributed by atoms with Crippen molar-refractivity contribution in [3.63, 3.8) is 0 Å². The number of hydrazone groups is 1. The van der Waals surface area contributed by atoms with Crippen LogP contribution >= 0.6 is 0 Å². The molecule has 1 amide bonds. The van der Waals surface area contributed by atoms with E-state index in [1.807, 2.05) is 42.5 Å². The van der Waals surface area contributed by atoms with E-state index in [4.69, 9.17) is 0 Å². The molecule has 0 radical (unpaired) electrons. The molecule has 30 heavy (non-hydrogen) atoms. The maximum atomic E-state index is 12.9. The van der Waals surface area contributed by atoms with E-state index in [1.54, 1.807) is 18.3 Å². The fourth-order valence-corrected chi connectivity index (χ4v) is 5.20. The molecule has 154 valence electrons. The Hall–Kier alpha value is -3.03. The summed E-state index contributed by atoms with van der Waals surface area (Å²) in [6.07, 6.45) is 4.36. The van der Waals surface area contributed by atoms with Crippen molar-refractivity contribution in [3.05, 3.63) is 77.9 Å². The number of benzene rings is 3. The zero-order valence-electron chi connectivity index (χ0n) is 16.5. The Kier molecular flexibility index (Phi) is 5.92. The first-order chi connectivity index (χ1) is 14.6. The summed E-state index contributed by atoms with van der Waals surface area (Å²) in [6, 6.07) is 19.9. The molecule has 0 unspecified atom stereocenters. The molecule has 0 atom stereocenters. The highest BCUT2D eigenvalue weighted by molar-refractivity contribution is 7.89. The highest BCUT2D eigenvalue weighted by Crippen LogP contribution is 2.21. The lowest BCUT2D eigenvalue weighted by Gasteiger charge is -2.25. The standard InChI is InChI=1S/C23H23N3O3S/c27-23(25-24-17-20-11-6-9-18-8-2-3-13-22(18)20)19-10-7-12-21(16-19)30(28,29)26-14-4-1-5-15-26/h2-3,6-13,16-17H,1,4-5,14-15H2,(H,25,27). The minimum Gasteiger partial charge on any atom is -0.267 e. The van der Waals surface area contributed by atoms with E-state index < -0.39 is 15.9 Å². The number of nitrogens with one attached hydrogen (secondary N) is 1. The summed E-state index contributed by atoms with van der Waals surface area (Å²) in [7, 11) is -3.59.